The molecule has 1 N–H and O–H groups in total. The number of thiophene rings is 1. The van der Waals surface area contributed by atoms with E-state index in [1.807, 2.05) is 17.5 Å². The average molecular weight is 529 g/mol. The number of hydrogen-bond acceptors (Lipinski definition) is 9. The summed E-state index contributed by atoms with van der Waals surface area (Å²) in [6.45, 7) is -0.0226. The molecule has 3 aromatic heterocycles. The Morgan fingerprint density at radius 2 is 1.80 bits per heavy atom. The van der Waals surface area contributed by atoms with Gasteiger partial charge >= 0.3 is 0 Å². The van der Waals surface area contributed by atoms with Gasteiger partial charge in [-0.25, -0.2) is 8.42 Å². The molecule has 0 aliphatic heterocycles. The lowest BCUT2D eigenvalue weighted by Gasteiger charge is -2.22. The summed E-state index contributed by atoms with van der Waals surface area (Å²) in [5.41, 5.74) is 1.30. The lowest BCUT2D eigenvalue weighted by Crippen LogP contribution is -2.32. The number of aromatic amines is 1. The van der Waals surface area contributed by atoms with E-state index in [1.165, 1.54) is 35.9 Å². The fourth-order valence-electron chi connectivity index (χ4n) is 3.82. The summed E-state index contributed by atoms with van der Waals surface area (Å²) in [5.74, 6) is 0.985. The van der Waals surface area contributed by atoms with Gasteiger partial charge in [-0.15, -0.1) is 11.3 Å². The Kier molecular flexibility index (Phi) is 6.28. The van der Waals surface area contributed by atoms with E-state index in [2.05, 4.69) is 13.7 Å². The summed E-state index contributed by atoms with van der Waals surface area (Å²) >= 11 is 2.40. The first-order valence-electron chi connectivity index (χ1n) is 10.4. The van der Waals surface area contributed by atoms with Crippen LogP contribution in [0, 0.1) is 0 Å². The molecule has 0 radical (unpaired) electrons. The molecular weight excluding hydrogens is 508 g/mol. The second-order valence-corrected chi connectivity index (χ2v) is 11.1. The minimum absolute atomic E-state index is 0.0592. The number of hydrogen-bond donors (Lipinski definition) is 1. The standard InChI is InChI=1S/C23H20N4O5S3/c1-31-19-10-14-9-15(23(28)24-18(14)11-20(19)32-2)12-27(13-16-5-4-8-33-16)35(29,30)21-7-3-6-17-22(21)26-34-25-17/h3-11H,12-13H2,1-2H3,(H,24,28). The Balaban J connectivity index is 1.61. The molecule has 5 aromatic rings. The van der Waals surface area contributed by atoms with Crippen molar-refractivity contribution in [2.45, 2.75) is 18.0 Å². The van der Waals surface area contributed by atoms with E-state index in [1.54, 1.807) is 30.3 Å². The average Bonchev–Trinajstić information content (AvgIpc) is 3.55. The maximum absolute atomic E-state index is 13.9. The van der Waals surface area contributed by atoms with E-state index >= 15 is 0 Å². The number of methoxy groups -OCH3 is 2. The van der Waals surface area contributed by atoms with Crippen LogP contribution in [0.5, 0.6) is 11.5 Å². The van der Waals surface area contributed by atoms with Gasteiger partial charge < -0.3 is 14.5 Å². The highest BCUT2D eigenvalue weighted by Gasteiger charge is 2.29. The Morgan fingerprint density at radius 3 is 2.54 bits per heavy atom. The smallest absolute Gasteiger partial charge is 0.252 e. The molecule has 0 saturated carbocycles. The maximum atomic E-state index is 13.9. The van der Waals surface area contributed by atoms with Gasteiger partial charge in [-0.05, 0) is 35.7 Å². The first kappa shape index (κ1) is 23.4. The lowest BCUT2D eigenvalue weighted by atomic mass is 10.1. The molecule has 5 rings (SSSR count). The highest BCUT2D eigenvalue weighted by Crippen LogP contribution is 2.32. The Bertz CT molecular complexity index is 1680. The summed E-state index contributed by atoms with van der Waals surface area (Å²) in [6.07, 6.45) is 0. The number of rotatable bonds is 8. The van der Waals surface area contributed by atoms with Crippen molar-refractivity contribution in [2.75, 3.05) is 14.2 Å². The number of nitrogens with one attached hydrogen (secondary N) is 1. The fraction of sp³-hybridized carbons (Fsp3) is 0.174. The first-order valence-corrected chi connectivity index (χ1v) is 13.5. The zero-order chi connectivity index (χ0) is 24.6. The minimum atomic E-state index is -4.02. The van der Waals surface area contributed by atoms with E-state index in [0.717, 1.165) is 16.6 Å². The Hall–Kier alpha value is -3.32. The molecule has 180 valence electrons. The summed E-state index contributed by atoms with van der Waals surface area (Å²) in [7, 11) is -0.976. The van der Waals surface area contributed by atoms with Crippen LogP contribution in [0.25, 0.3) is 21.9 Å². The van der Waals surface area contributed by atoms with Crippen molar-refractivity contribution in [3.05, 3.63) is 74.7 Å². The van der Waals surface area contributed by atoms with Gasteiger partial charge in [0.1, 0.15) is 15.9 Å². The number of sulfonamides is 1. The summed E-state index contributed by atoms with van der Waals surface area (Å²) in [6, 6.07) is 13.7. The summed E-state index contributed by atoms with van der Waals surface area (Å²) < 4.78 is 48.1. The SMILES string of the molecule is COc1cc2cc(CN(Cc3cccs3)S(=O)(=O)c3cccc4nsnc34)c(=O)[nH]c2cc1OC. The van der Waals surface area contributed by atoms with Crippen molar-refractivity contribution in [3.8, 4) is 11.5 Å². The van der Waals surface area contributed by atoms with Crippen molar-refractivity contribution in [3.63, 3.8) is 0 Å². The van der Waals surface area contributed by atoms with Crippen molar-refractivity contribution in [1.82, 2.24) is 18.0 Å². The van der Waals surface area contributed by atoms with Gasteiger partial charge in [0.15, 0.2) is 11.5 Å². The number of aromatic nitrogens is 3. The Labute approximate surface area is 208 Å². The predicted octanol–water partition coefficient (Wildman–Crippen LogP) is 4.00. The van der Waals surface area contributed by atoms with Crippen LogP contribution in [0.3, 0.4) is 0 Å². The number of fused-ring (bicyclic) bond motifs is 2. The van der Waals surface area contributed by atoms with Crippen LogP contribution in [0.2, 0.25) is 0 Å². The lowest BCUT2D eigenvalue weighted by molar-refractivity contribution is 0.355. The summed E-state index contributed by atoms with van der Waals surface area (Å²) in [4.78, 5) is 16.7. The third-order valence-electron chi connectivity index (χ3n) is 5.55. The van der Waals surface area contributed by atoms with Crippen molar-refractivity contribution in [1.29, 1.82) is 0 Å². The van der Waals surface area contributed by atoms with E-state index in [0.29, 0.717) is 39.0 Å². The van der Waals surface area contributed by atoms with Crippen LogP contribution in [-0.4, -0.2) is 40.7 Å². The minimum Gasteiger partial charge on any atom is -0.493 e. The van der Waals surface area contributed by atoms with E-state index in [-0.39, 0.29) is 23.5 Å². The third-order valence-corrected chi connectivity index (χ3v) is 8.78. The van der Waals surface area contributed by atoms with Gasteiger partial charge in [-0.3, -0.25) is 4.79 Å². The zero-order valence-corrected chi connectivity index (χ0v) is 21.2. The van der Waals surface area contributed by atoms with Crippen molar-refractivity contribution in [2.24, 2.45) is 0 Å². The van der Waals surface area contributed by atoms with Gasteiger partial charge in [0.2, 0.25) is 10.0 Å². The molecule has 9 nitrogen and oxygen atoms in total. The number of benzene rings is 2. The first-order chi connectivity index (χ1) is 16.9. The van der Waals surface area contributed by atoms with Crippen LogP contribution < -0.4 is 15.0 Å². The third kappa shape index (κ3) is 4.41. The van der Waals surface area contributed by atoms with Gasteiger partial charge in [0.25, 0.3) is 5.56 Å². The quantitative estimate of drug-likeness (QED) is 0.324. The molecule has 0 saturated heterocycles. The van der Waals surface area contributed by atoms with Crippen LogP contribution in [0.15, 0.2) is 63.6 Å². The predicted molar refractivity (Wildman–Crippen MR) is 136 cm³/mol. The van der Waals surface area contributed by atoms with E-state index < -0.39 is 10.0 Å². The molecule has 2 aromatic carbocycles. The second-order valence-electron chi connectivity index (χ2n) is 7.66. The van der Waals surface area contributed by atoms with E-state index in [9.17, 15) is 13.2 Å². The molecule has 0 fully saturated rings. The Morgan fingerprint density at radius 1 is 1.00 bits per heavy atom. The molecule has 0 unspecified atom stereocenters. The number of nitrogens with zero attached hydrogens (tertiary/aromatic N) is 3. The molecular formula is C23H20N4O5S3. The molecule has 0 spiro atoms. The van der Waals surface area contributed by atoms with Crippen LogP contribution in [0.4, 0.5) is 0 Å². The van der Waals surface area contributed by atoms with E-state index in [4.69, 9.17) is 9.47 Å². The highest BCUT2D eigenvalue weighted by molar-refractivity contribution is 7.89. The number of H-pyrrole nitrogens is 1. The molecule has 12 heteroatoms. The topological polar surface area (TPSA) is 114 Å². The molecule has 0 aliphatic carbocycles. The van der Waals surface area contributed by atoms with Crippen molar-refractivity contribution >= 4 is 55.0 Å². The van der Waals surface area contributed by atoms with Crippen LogP contribution in [-0.2, 0) is 23.1 Å². The van der Waals surface area contributed by atoms with Crippen molar-refractivity contribution < 1.29 is 17.9 Å². The van der Waals surface area contributed by atoms with Gasteiger partial charge in [-0.2, -0.15) is 13.1 Å². The molecule has 0 aliphatic rings. The highest BCUT2D eigenvalue weighted by atomic mass is 32.2. The number of ether oxygens (including phenoxy) is 2. The zero-order valence-electron chi connectivity index (χ0n) is 18.7. The van der Waals surface area contributed by atoms with Crippen LogP contribution in [0.1, 0.15) is 10.4 Å². The molecule has 3 heterocycles. The molecule has 0 atom stereocenters. The normalized spacial score (nSPS) is 12.0. The molecule has 0 bridgehead atoms. The fourth-order valence-corrected chi connectivity index (χ4v) is 6.77. The molecule has 35 heavy (non-hydrogen) atoms. The molecule has 0 amide bonds. The van der Waals surface area contributed by atoms with Gasteiger partial charge in [0.05, 0.1) is 31.5 Å². The second kappa shape index (κ2) is 9.38. The van der Waals surface area contributed by atoms with Gasteiger partial charge in [0, 0.05) is 35.0 Å². The summed E-state index contributed by atoms with van der Waals surface area (Å²) in [5, 5.41) is 2.57. The van der Waals surface area contributed by atoms with Gasteiger partial charge in [-0.1, -0.05) is 12.1 Å². The number of pyridine rings is 1. The maximum Gasteiger partial charge on any atom is 0.252 e. The monoisotopic (exact) mass is 528 g/mol. The largest absolute Gasteiger partial charge is 0.493 e. The van der Waals surface area contributed by atoms with Crippen LogP contribution >= 0.6 is 23.1 Å².